The largest absolute Gasteiger partial charge is 0.341 e. The Bertz CT molecular complexity index is 965. The van der Waals surface area contributed by atoms with E-state index in [0.29, 0.717) is 18.6 Å². The number of rotatable bonds is 6. The Morgan fingerprint density at radius 2 is 1.80 bits per heavy atom. The van der Waals surface area contributed by atoms with Gasteiger partial charge in [0.2, 0.25) is 5.91 Å². The third-order valence-corrected chi connectivity index (χ3v) is 4.53. The molecule has 6 nitrogen and oxygen atoms in total. The van der Waals surface area contributed by atoms with Gasteiger partial charge in [-0.25, -0.2) is 4.68 Å². The Morgan fingerprint density at radius 3 is 2.48 bits per heavy atom. The zero-order valence-electron chi connectivity index (χ0n) is 15.0. The van der Waals surface area contributed by atoms with Gasteiger partial charge in [-0.1, -0.05) is 32.0 Å². The van der Waals surface area contributed by atoms with E-state index < -0.39 is 0 Å². The Morgan fingerprint density at radius 1 is 1.12 bits per heavy atom. The van der Waals surface area contributed by atoms with E-state index in [-0.39, 0.29) is 18.0 Å². The van der Waals surface area contributed by atoms with E-state index >= 15 is 0 Å². The molecule has 6 heteroatoms. The van der Waals surface area contributed by atoms with Crippen LogP contribution >= 0.6 is 0 Å². The van der Waals surface area contributed by atoms with Gasteiger partial charge in [0.1, 0.15) is 12.1 Å². The Labute approximate surface area is 146 Å². The molecular formula is C19H24N4O2. The molecule has 3 aromatic rings. The summed E-state index contributed by atoms with van der Waals surface area (Å²) in [4.78, 5) is 27.3. The van der Waals surface area contributed by atoms with E-state index in [9.17, 15) is 9.59 Å². The molecule has 0 radical (unpaired) electrons. The molecule has 2 aromatic heterocycles. The standard InChI is InChI=1S/C19H24N4O2/c1-4-10-22(11-5-2)17(24)13-23-19(25)18-15(12-20-23)14-8-6-7-9-16(14)21(18)3/h6-9,12H,4-5,10-11,13H2,1-3H3. The Kier molecular flexibility index (Phi) is 4.88. The van der Waals surface area contributed by atoms with Gasteiger partial charge in [0, 0.05) is 36.4 Å². The van der Waals surface area contributed by atoms with Gasteiger partial charge in [-0.05, 0) is 18.9 Å². The summed E-state index contributed by atoms with van der Waals surface area (Å²) in [6.07, 6.45) is 3.49. The van der Waals surface area contributed by atoms with Crippen molar-refractivity contribution in [3.8, 4) is 0 Å². The van der Waals surface area contributed by atoms with E-state index in [2.05, 4.69) is 5.10 Å². The molecule has 2 heterocycles. The summed E-state index contributed by atoms with van der Waals surface area (Å²) in [6.45, 7) is 5.48. The van der Waals surface area contributed by atoms with Gasteiger partial charge in [-0.15, -0.1) is 0 Å². The minimum absolute atomic E-state index is 0.0176. The van der Waals surface area contributed by atoms with Gasteiger partial charge >= 0.3 is 0 Å². The van der Waals surface area contributed by atoms with Crippen molar-refractivity contribution < 1.29 is 4.79 Å². The quantitative estimate of drug-likeness (QED) is 0.693. The SMILES string of the molecule is CCCN(CCC)C(=O)Cn1ncc2c3ccccc3n(C)c2c1=O. The molecule has 0 fully saturated rings. The van der Waals surface area contributed by atoms with Crippen LogP contribution in [0.1, 0.15) is 26.7 Å². The smallest absolute Gasteiger partial charge is 0.291 e. The predicted molar refractivity (Wildman–Crippen MR) is 99.6 cm³/mol. The number of amides is 1. The van der Waals surface area contributed by atoms with E-state index in [0.717, 1.165) is 29.1 Å². The van der Waals surface area contributed by atoms with Crippen LogP contribution in [0.5, 0.6) is 0 Å². The maximum atomic E-state index is 12.9. The normalized spacial score (nSPS) is 11.3. The average Bonchev–Trinajstić information content (AvgIpc) is 2.91. The monoisotopic (exact) mass is 340 g/mol. The molecular weight excluding hydrogens is 316 g/mol. The Balaban J connectivity index is 2.02. The first-order valence-corrected chi connectivity index (χ1v) is 8.79. The first-order chi connectivity index (χ1) is 12.1. The molecule has 0 unspecified atom stereocenters. The van der Waals surface area contributed by atoms with Crippen molar-refractivity contribution in [1.29, 1.82) is 0 Å². The minimum Gasteiger partial charge on any atom is -0.341 e. The van der Waals surface area contributed by atoms with E-state index in [1.807, 2.05) is 49.7 Å². The van der Waals surface area contributed by atoms with E-state index in [4.69, 9.17) is 0 Å². The van der Waals surface area contributed by atoms with Crippen molar-refractivity contribution in [1.82, 2.24) is 19.2 Å². The molecule has 0 aliphatic heterocycles. The topological polar surface area (TPSA) is 60.1 Å². The minimum atomic E-state index is -0.225. The van der Waals surface area contributed by atoms with Crippen molar-refractivity contribution in [2.45, 2.75) is 33.2 Å². The van der Waals surface area contributed by atoms with Gasteiger partial charge < -0.3 is 9.47 Å². The molecule has 0 atom stereocenters. The number of hydrogen-bond donors (Lipinski definition) is 0. The summed E-state index contributed by atoms with van der Waals surface area (Å²) >= 11 is 0. The number of carbonyl (C=O) groups is 1. The highest BCUT2D eigenvalue weighted by Gasteiger charge is 2.17. The van der Waals surface area contributed by atoms with Crippen LogP contribution in [0.25, 0.3) is 21.8 Å². The van der Waals surface area contributed by atoms with Crippen LogP contribution in [0.4, 0.5) is 0 Å². The molecule has 0 saturated carbocycles. The molecule has 0 aliphatic carbocycles. The lowest BCUT2D eigenvalue weighted by molar-refractivity contribution is -0.132. The number of fused-ring (bicyclic) bond motifs is 3. The fourth-order valence-corrected chi connectivity index (χ4v) is 3.36. The molecule has 0 bridgehead atoms. The fourth-order valence-electron chi connectivity index (χ4n) is 3.36. The molecule has 132 valence electrons. The van der Waals surface area contributed by atoms with Crippen LogP contribution in [-0.4, -0.2) is 38.2 Å². The number of benzene rings is 1. The highest BCUT2D eigenvalue weighted by molar-refractivity contribution is 6.07. The molecule has 0 saturated heterocycles. The third kappa shape index (κ3) is 3.04. The van der Waals surface area contributed by atoms with Crippen molar-refractivity contribution in [2.24, 2.45) is 7.05 Å². The molecule has 3 rings (SSSR count). The lowest BCUT2D eigenvalue weighted by Crippen LogP contribution is -2.38. The summed E-state index contributed by atoms with van der Waals surface area (Å²) in [5.74, 6) is -0.0589. The highest BCUT2D eigenvalue weighted by atomic mass is 16.2. The van der Waals surface area contributed by atoms with Crippen LogP contribution < -0.4 is 5.56 Å². The lowest BCUT2D eigenvalue weighted by Gasteiger charge is -2.21. The van der Waals surface area contributed by atoms with E-state index in [1.54, 1.807) is 11.1 Å². The van der Waals surface area contributed by atoms with Gasteiger partial charge in [-0.2, -0.15) is 5.10 Å². The maximum absolute atomic E-state index is 12.9. The first kappa shape index (κ1) is 17.2. The number of nitrogens with zero attached hydrogens (tertiary/aromatic N) is 4. The maximum Gasteiger partial charge on any atom is 0.291 e. The van der Waals surface area contributed by atoms with Crippen LogP contribution in [0, 0.1) is 0 Å². The molecule has 0 N–H and O–H groups in total. The number of aromatic nitrogens is 3. The van der Waals surface area contributed by atoms with Crippen molar-refractivity contribution in [2.75, 3.05) is 13.1 Å². The zero-order valence-corrected chi connectivity index (χ0v) is 15.0. The Hall–Kier alpha value is -2.63. The molecule has 25 heavy (non-hydrogen) atoms. The number of aryl methyl sites for hydroxylation is 1. The summed E-state index contributed by atoms with van der Waals surface area (Å²) in [7, 11) is 1.87. The van der Waals surface area contributed by atoms with Crippen LogP contribution in [-0.2, 0) is 18.4 Å². The number of para-hydroxylation sites is 1. The predicted octanol–water partition coefficient (Wildman–Crippen LogP) is 2.54. The fraction of sp³-hybridized carbons (Fsp3) is 0.421. The lowest BCUT2D eigenvalue weighted by atomic mass is 10.2. The summed E-state index contributed by atoms with van der Waals surface area (Å²) in [5, 5.41) is 6.08. The van der Waals surface area contributed by atoms with Crippen molar-refractivity contribution in [3.63, 3.8) is 0 Å². The number of hydrogen-bond acceptors (Lipinski definition) is 3. The summed E-state index contributed by atoms with van der Waals surface area (Å²) in [5.41, 5.74) is 1.35. The number of carbonyl (C=O) groups excluding carboxylic acids is 1. The van der Waals surface area contributed by atoms with Gasteiger partial charge in [0.25, 0.3) is 5.56 Å². The van der Waals surface area contributed by atoms with Crippen LogP contribution in [0.3, 0.4) is 0 Å². The first-order valence-electron chi connectivity index (χ1n) is 8.79. The molecule has 0 spiro atoms. The van der Waals surface area contributed by atoms with Crippen LogP contribution in [0.2, 0.25) is 0 Å². The zero-order chi connectivity index (χ0) is 18.0. The average molecular weight is 340 g/mol. The molecule has 1 amide bonds. The second-order valence-electron chi connectivity index (χ2n) is 6.33. The van der Waals surface area contributed by atoms with E-state index in [1.165, 1.54) is 4.68 Å². The summed E-state index contributed by atoms with van der Waals surface area (Å²) in [6, 6.07) is 7.86. The molecule has 0 aliphatic rings. The highest BCUT2D eigenvalue weighted by Crippen LogP contribution is 2.24. The van der Waals surface area contributed by atoms with Crippen LogP contribution in [0.15, 0.2) is 35.3 Å². The van der Waals surface area contributed by atoms with Crippen molar-refractivity contribution in [3.05, 3.63) is 40.8 Å². The van der Waals surface area contributed by atoms with Gasteiger partial charge in [-0.3, -0.25) is 9.59 Å². The van der Waals surface area contributed by atoms with Gasteiger partial charge in [0.15, 0.2) is 0 Å². The second-order valence-corrected chi connectivity index (χ2v) is 6.33. The summed E-state index contributed by atoms with van der Waals surface area (Å²) < 4.78 is 3.16. The molecule has 1 aromatic carbocycles. The van der Waals surface area contributed by atoms with Crippen molar-refractivity contribution >= 4 is 27.7 Å². The van der Waals surface area contributed by atoms with Gasteiger partial charge in [0.05, 0.1) is 6.20 Å². The third-order valence-electron chi connectivity index (χ3n) is 4.53. The second kappa shape index (κ2) is 7.09.